The second-order valence-electron chi connectivity index (χ2n) is 13.0. The Morgan fingerprint density at radius 2 is 1.75 bits per heavy atom. The minimum Gasteiger partial charge on any atom is -0.311 e. The number of alkyl halides is 1. The van der Waals surface area contributed by atoms with E-state index < -0.39 is 5.67 Å². The van der Waals surface area contributed by atoms with Crippen LogP contribution in [-0.4, -0.2) is 37.3 Å². The molecule has 4 heteroatoms. The Morgan fingerprint density at radius 1 is 1.07 bits per heavy atom. The molecule has 8 unspecified atom stereocenters. The average molecular weight is 561 g/mol. The molecule has 0 aromatic heterocycles. The molecule has 1 heterocycles. The molecule has 8 atom stereocenters. The predicted molar refractivity (Wildman–Crippen MR) is 174 cm³/mol. The van der Waals surface area contributed by atoms with Crippen LogP contribution in [0.3, 0.4) is 0 Å². The van der Waals surface area contributed by atoms with Gasteiger partial charge in [0, 0.05) is 30.8 Å². The van der Waals surface area contributed by atoms with E-state index in [0.29, 0.717) is 35.8 Å². The number of allylic oxidation sites excluding steroid dienone is 3. The van der Waals surface area contributed by atoms with Gasteiger partial charge in [-0.25, -0.2) is 4.39 Å². The van der Waals surface area contributed by atoms with Crippen LogP contribution < -0.4 is 5.32 Å². The highest BCUT2D eigenvalue weighted by atomic mass is 19.1. The number of aliphatic imine (C=N–C) groups is 1. The van der Waals surface area contributed by atoms with E-state index in [1.54, 1.807) is 12.5 Å². The van der Waals surface area contributed by atoms with Gasteiger partial charge in [-0.3, -0.25) is 4.99 Å². The topological polar surface area (TPSA) is 41.5 Å². The largest absolute Gasteiger partial charge is 0.311 e. The molecule has 232 valence electrons. The van der Waals surface area contributed by atoms with E-state index in [4.69, 9.17) is 9.79 Å². The van der Waals surface area contributed by atoms with Crippen LogP contribution in [0.25, 0.3) is 0 Å². The van der Waals surface area contributed by atoms with Crippen molar-refractivity contribution in [2.45, 2.75) is 145 Å². The quantitative estimate of drug-likeness (QED) is 0.237. The minimum absolute atomic E-state index is 0.331. The van der Waals surface area contributed by atoms with Gasteiger partial charge in [0.25, 0.3) is 0 Å². The third kappa shape index (κ3) is 8.17. The molecule has 0 radical (unpaired) electrons. The molecule has 4 fully saturated rings. The molecular formula is C36H65FN2O. The summed E-state index contributed by atoms with van der Waals surface area (Å²) in [7, 11) is 0. The van der Waals surface area contributed by atoms with Crippen molar-refractivity contribution < 1.29 is 9.18 Å². The van der Waals surface area contributed by atoms with E-state index in [1.807, 2.05) is 40.6 Å². The molecule has 4 aliphatic rings. The van der Waals surface area contributed by atoms with E-state index in [9.17, 15) is 4.39 Å². The number of nitrogens with zero attached hydrogens (tertiary/aromatic N) is 1. The summed E-state index contributed by atoms with van der Waals surface area (Å²) in [4.78, 5) is 13.1. The Labute approximate surface area is 248 Å². The molecular weight excluding hydrogens is 495 g/mol. The number of fused-ring (bicyclic) bond motifs is 3. The minimum atomic E-state index is -1.02. The zero-order chi connectivity index (χ0) is 30.6. The van der Waals surface area contributed by atoms with Gasteiger partial charge in [0.2, 0.25) is 0 Å². The van der Waals surface area contributed by atoms with Gasteiger partial charge in [-0.15, -0.1) is 0 Å². The van der Waals surface area contributed by atoms with Crippen LogP contribution in [0.2, 0.25) is 0 Å². The van der Waals surface area contributed by atoms with Gasteiger partial charge in [0.1, 0.15) is 12.5 Å². The maximum Gasteiger partial charge on any atom is 0.122 e. The number of hydrogen-bond acceptors (Lipinski definition) is 3. The highest BCUT2D eigenvalue weighted by molar-refractivity contribution is 5.85. The van der Waals surface area contributed by atoms with Crippen molar-refractivity contribution in [2.75, 3.05) is 13.1 Å². The van der Waals surface area contributed by atoms with Gasteiger partial charge in [-0.1, -0.05) is 79.2 Å². The number of nitrogens with one attached hydrogen (secondary N) is 1. The van der Waals surface area contributed by atoms with E-state index >= 15 is 0 Å². The molecule has 0 bridgehead atoms. The summed E-state index contributed by atoms with van der Waals surface area (Å²) < 4.78 is 14.1. The lowest BCUT2D eigenvalue weighted by Gasteiger charge is -2.57. The van der Waals surface area contributed by atoms with Crippen LogP contribution in [0.5, 0.6) is 0 Å². The Morgan fingerprint density at radius 3 is 2.33 bits per heavy atom. The van der Waals surface area contributed by atoms with Crippen molar-refractivity contribution in [3.63, 3.8) is 0 Å². The molecule has 1 saturated heterocycles. The number of halogens is 1. The lowest BCUT2D eigenvalue weighted by molar-refractivity contribution is -0.0980. The summed E-state index contributed by atoms with van der Waals surface area (Å²) in [6.07, 6.45) is 17.8. The maximum atomic E-state index is 14.1. The fraction of sp³-hybridized carbons (Fsp3) is 0.833. The van der Waals surface area contributed by atoms with Crippen molar-refractivity contribution in [2.24, 2.45) is 39.5 Å². The number of rotatable bonds is 8. The lowest BCUT2D eigenvalue weighted by atomic mass is 9.47. The van der Waals surface area contributed by atoms with Crippen molar-refractivity contribution in [1.29, 1.82) is 0 Å². The van der Waals surface area contributed by atoms with Crippen LogP contribution in [0.15, 0.2) is 29.3 Å². The molecule has 3 saturated carbocycles. The van der Waals surface area contributed by atoms with Crippen LogP contribution in [-0.2, 0) is 4.79 Å². The maximum absolute atomic E-state index is 14.1. The van der Waals surface area contributed by atoms with Gasteiger partial charge < -0.3 is 10.1 Å². The summed E-state index contributed by atoms with van der Waals surface area (Å²) in [6, 6.07) is 0.331. The molecule has 1 N–H and O–H groups in total. The van der Waals surface area contributed by atoms with E-state index in [1.165, 1.54) is 57.1 Å². The van der Waals surface area contributed by atoms with Crippen molar-refractivity contribution in [3.05, 3.63) is 24.3 Å². The van der Waals surface area contributed by atoms with Crippen LogP contribution in [0.1, 0.15) is 133 Å². The lowest BCUT2D eigenvalue weighted by Crippen LogP contribution is -2.50. The Kier molecular flexibility index (Phi) is 15.6. The number of carbonyl (C=O) groups excluding carboxylic acids is 1. The fourth-order valence-electron chi connectivity index (χ4n) is 9.22. The molecule has 4 rings (SSSR count). The average Bonchev–Trinajstić information content (AvgIpc) is 3.50. The first-order valence-electron chi connectivity index (χ1n) is 16.7. The normalized spacial score (nSPS) is 39.4. The van der Waals surface area contributed by atoms with Gasteiger partial charge >= 0.3 is 0 Å². The predicted octanol–water partition coefficient (Wildman–Crippen LogP) is 9.96. The fourth-order valence-corrected chi connectivity index (χ4v) is 9.22. The van der Waals surface area contributed by atoms with E-state index in [0.717, 1.165) is 37.1 Å². The van der Waals surface area contributed by atoms with Crippen LogP contribution in [0.4, 0.5) is 4.39 Å². The van der Waals surface area contributed by atoms with Crippen molar-refractivity contribution in [3.8, 4) is 0 Å². The highest BCUT2D eigenvalue weighted by Crippen LogP contribution is 2.66. The Hall–Kier alpha value is -1.29. The van der Waals surface area contributed by atoms with Crippen molar-refractivity contribution in [1.82, 2.24) is 5.32 Å². The van der Waals surface area contributed by atoms with Crippen LogP contribution in [0, 0.1) is 34.5 Å². The molecule has 40 heavy (non-hydrogen) atoms. The van der Waals surface area contributed by atoms with E-state index in [-0.39, 0.29) is 0 Å². The molecule has 0 aromatic carbocycles. The highest BCUT2D eigenvalue weighted by Gasteiger charge is 2.58. The Balaban J connectivity index is 0.00000125. The summed E-state index contributed by atoms with van der Waals surface area (Å²) in [5, 5.41) is 3.35. The summed E-state index contributed by atoms with van der Waals surface area (Å²) in [5.41, 5.74) is 2.83. The summed E-state index contributed by atoms with van der Waals surface area (Å²) in [6.45, 7) is 27.0. The molecule has 3 aliphatic carbocycles. The van der Waals surface area contributed by atoms with Crippen LogP contribution >= 0.6 is 0 Å². The number of hydrogen-bond donors (Lipinski definition) is 1. The molecule has 3 nitrogen and oxygen atoms in total. The second kappa shape index (κ2) is 17.0. The molecule has 1 aliphatic heterocycles. The molecule has 0 aromatic rings. The molecule has 0 spiro atoms. The SMILES string of the molecule is C=C/C=C1/CCC2C(CCC3(C)C(C(C)=NCCCC4CC(C)(F)CN4)CCC23)C1(C)CCC.C=O.CC.CC. The third-order valence-corrected chi connectivity index (χ3v) is 10.8. The van der Waals surface area contributed by atoms with Gasteiger partial charge in [-0.2, -0.15) is 0 Å². The smallest absolute Gasteiger partial charge is 0.122 e. The summed E-state index contributed by atoms with van der Waals surface area (Å²) >= 11 is 0. The summed E-state index contributed by atoms with van der Waals surface area (Å²) in [5.74, 6) is 3.22. The molecule has 0 amide bonds. The zero-order valence-electron chi connectivity index (χ0n) is 27.9. The van der Waals surface area contributed by atoms with E-state index in [2.05, 4.69) is 45.7 Å². The Bertz CT molecular complexity index is 820. The first-order chi connectivity index (χ1) is 19.1. The zero-order valence-corrected chi connectivity index (χ0v) is 27.9. The van der Waals surface area contributed by atoms with Gasteiger partial charge in [0.15, 0.2) is 0 Å². The number of carbonyl (C=O) groups is 1. The van der Waals surface area contributed by atoms with Gasteiger partial charge in [0.05, 0.1) is 0 Å². The first kappa shape index (κ1) is 36.7. The third-order valence-electron chi connectivity index (χ3n) is 10.8. The second-order valence-corrected chi connectivity index (χ2v) is 13.0. The standard InChI is InChI=1S/C31H51FN2.2C2H6.CH2O/c1-7-10-23-12-13-25-27-15-14-26(31(27,6)18-16-28(25)30(23,5)17-8-2)22(3)33-19-9-11-24-20-29(4,32)21-34-24;3*1-2/h7,10,24-28,34H,1,8-9,11-21H2,2-6H3;2*1-2H3;1H2/b23-10-,33-22?;;;. The van der Waals surface area contributed by atoms with Crippen molar-refractivity contribution >= 4 is 12.5 Å². The van der Waals surface area contributed by atoms with Gasteiger partial charge in [-0.05, 0) is 107 Å². The first-order valence-corrected chi connectivity index (χ1v) is 16.7. The monoisotopic (exact) mass is 561 g/mol.